The number of nitrogens with one attached hydrogen (secondary N) is 1. The molecule has 0 bridgehead atoms. The molecular formula is C7H7ClN2OS. The standard InChI is InChI=1S/C7H7ClN2OS/c8-6-5(3-11)12-7(10-6)9-4-1-2-4/h3-4H,1-2H2,(H,9,10). The van der Waals surface area contributed by atoms with Gasteiger partial charge < -0.3 is 5.32 Å². The second kappa shape index (κ2) is 3.03. The predicted octanol–water partition coefficient (Wildman–Crippen LogP) is 2.18. The van der Waals surface area contributed by atoms with Gasteiger partial charge in [0.2, 0.25) is 0 Å². The highest BCUT2D eigenvalue weighted by Gasteiger charge is 2.22. The fourth-order valence-corrected chi connectivity index (χ4v) is 1.89. The number of hydrogen-bond acceptors (Lipinski definition) is 4. The third-order valence-corrected chi connectivity index (χ3v) is 2.93. The van der Waals surface area contributed by atoms with Crippen LogP contribution in [-0.4, -0.2) is 17.3 Å². The van der Waals surface area contributed by atoms with Crippen LogP contribution in [0.4, 0.5) is 5.13 Å². The van der Waals surface area contributed by atoms with Crippen LogP contribution in [0, 0.1) is 0 Å². The summed E-state index contributed by atoms with van der Waals surface area (Å²) >= 11 is 6.98. The molecule has 0 saturated heterocycles. The van der Waals surface area contributed by atoms with E-state index in [2.05, 4.69) is 10.3 Å². The van der Waals surface area contributed by atoms with Crippen molar-refractivity contribution < 1.29 is 4.79 Å². The van der Waals surface area contributed by atoms with Gasteiger partial charge in [0.15, 0.2) is 16.6 Å². The van der Waals surface area contributed by atoms with Crippen LogP contribution in [0.1, 0.15) is 22.5 Å². The van der Waals surface area contributed by atoms with Crippen molar-refractivity contribution >= 4 is 34.4 Å². The van der Waals surface area contributed by atoms with Gasteiger partial charge in [-0.05, 0) is 12.8 Å². The number of hydrogen-bond donors (Lipinski definition) is 1. The number of anilines is 1. The number of rotatable bonds is 3. The zero-order valence-corrected chi connectivity index (χ0v) is 7.78. The van der Waals surface area contributed by atoms with E-state index in [9.17, 15) is 4.79 Å². The van der Waals surface area contributed by atoms with Crippen LogP contribution in [0.3, 0.4) is 0 Å². The Kier molecular flexibility index (Phi) is 2.02. The summed E-state index contributed by atoms with van der Waals surface area (Å²) in [4.78, 5) is 14.9. The topological polar surface area (TPSA) is 42.0 Å². The maximum atomic E-state index is 10.4. The Hall–Kier alpha value is -0.610. The van der Waals surface area contributed by atoms with Crippen molar-refractivity contribution in [2.45, 2.75) is 18.9 Å². The SMILES string of the molecule is O=Cc1sc(NC2CC2)nc1Cl. The second-order valence-corrected chi connectivity index (χ2v) is 4.10. The fraction of sp³-hybridized carbons (Fsp3) is 0.429. The van der Waals surface area contributed by atoms with E-state index in [-0.39, 0.29) is 0 Å². The van der Waals surface area contributed by atoms with Gasteiger partial charge in [0, 0.05) is 6.04 Å². The summed E-state index contributed by atoms with van der Waals surface area (Å²) in [5.41, 5.74) is 0. The maximum absolute atomic E-state index is 10.4. The van der Waals surface area contributed by atoms with Crippen molar-refractivity contribution in [3.8, 4) is 0 Å². The lowest BCUT2D eigenvalue weighted by molar-refractivity contribution is 0.112. The summed E-state index contributed by atoms with van der Waals surface area (Å²) in [6.07, 6.45) is 3.11. The molecule has 1 aliphatic carbocycles. The molecule has 5 heteroatoms. The number of aldehydes is 1. The normalized spacial score (nSPS) is 16.1. The molecule has 64 valence electrons. The lowest BCUT2D eigenvalue weighted by atomic mass is 10.6. The van der Waals surface area contributed by atoms with Crippen LogP contribution in [-0.2, 0) is 0 Å². The summed E-state index contributed by atoms with van der Waals surface area (Å²) in [6, 6.07) is 0.548. The minimum absolute atomic E-state index is 0.304. The minimum atomic E-state index is 0.304. The summed E-state index contributed by atoms with van der Waals surface area (Å²) < 4.78 is 0. The van der Waals surface area contributed by atoms with E-state index in [0.717, 1.165) is 11.4 Å². The number of halogens is 1. The highest BCUT2D eigenvalue weighted by Crippen LogP contribution is 2.30. The quantitative estimate of drug-likeness (QED) is 0.764. The summed E-state index contributed by atoms with van der Waals surface area (Å²) in [5.74, 6) is 0. The Labute approximate surface area is 78.8 Å². The second-order valence-electron chi connectivity index (χ2n) is 2.71. The first-order valence-electron chi connectivity index (χ1n) is 3.67. The molecule has 0 atom stereocenters. The number of carbonyl (C=O) groups excluding carboxylic acids is 1. The molecule has 3 nitrogen and oxygen atoms in total. The van der Waals surface area contributed by atoms with Crippen LogP contribution in [0.15, 0.2) is 0 Å². The lowest BCUT2D eigenvalue weighted by Gasteiger charge is -1.94. The van der Waals surface area contributed by atoms with E-state index in [1.54, 1.807) is 0 Å². The molecular weight excluding hydrogens is 196 g/mol. The van der Waals surface area contributed by atoms with Crippen LogP contribution in [0.2, 0.25) is 5.15 Å². The van der Waals surface area contributed by atoms with Gasteiger partial charge in [-0.25, -0.2) is 4.98 Å². The molecule has 1 fully saturated rings. The van der Waals surface area contributed by atoms with E-state index in [4.69, 9.17) is 11.6 Å². The Morgan fingerprint density at radius 3 is 2.92 bits per heavy atom. The van der Waals surface area contributed by atoms with Crippen molar-refractivity contribution in [1.82, 2.24) is 4.98 Å². The first-order chi connectivity index (χ1) is 5.79. The van der Waals surface area contributed by atoms with Gasteiger partial charge >= 0.3 is 0 Å². The molecule has 1 aliphatic rings. The predicted molar refractivity (Wildman–Crippen MR) is 49.2 cm³/mol. The molecule has 0 amide bonds. The van der Waals surface area contributed by atoms with Gasteiger partial charge in [-0.2, -0.15) is 0 Å². The van der Waals surface area contributed by atoms with E-state index in [1.165, 1.54) is 24.2 Å². The molecule has 0 aliphatic heterocycles. The molecule has 1 aromatic rings. The Balaban J connectivity index is 2.15. The fourth-order valence-electron chi connectivity index (χ4n) is 0.850. The van der Waals surface area contributed by atoms with Crippen LogP contribution in [0.25, 0.3) is 0 Å². The largest absolute Gasteiger partial charge is 0.359 e. The average Bonchev–Trinajstić information content (AvgIpc) is 2.76. The first kappa shape index (κ1) is 8.01. The van der Waals surface area contributed by atoms with Crippen molar-refractivity contribution in [1.29, 1.82) is 0 Å². The van der Waals surface area contributed by atoms with Crippen LogP contribution < -0.4 is 5.32 Å². The highest BCUT2D eigenvalue weighted by molar-refractivity contribution is 7.17. The van der Waals surface area contributed by atoms with Crippen molar-refractivity contribution in [2.75, 3.05) is 5.32 Å². The number of thiazole rings is 1. The van der Waals surface area contributed by atoms with Gasteiger partial charge in [0.25, 0.3) is 0 Å². The molecule has 12 heavy (non-hydrogen) atoms. The smallest absolute Gasteiger partial charge is 0.185 e. The van der Waals surface area contributed by atoms with E-state index in [1.807, 2.05) is 0 Å². The third kappa shape index (κ3) is 1.59. The highest BCUT2D eigenvalue weighted by atomic mass is 35.5. The Morgan fingerprint density at radius 2 is 2.42 bits per heavy atom. The molecule has 1 N–H and O–H groups in total. The first-order valence-corrected chi connectivity index (χ1v) is 4.87. The number of aromatic nitrogens is 1. The van der Waals surface area contributed by atoms with Crippen molar-refractivity contribution in [3.05, 3.63) is 10.0 Å². The van der Waals surface area contributed by atoms with Gasteiger partial charge in [-0.15, -0.1) is 0 Å². The zero-order chi connectivity index (χ0) is 8.55. The average molecular weight is 203 g/mol. The molecule has 0 unspecified atom stereocenters. The van der Waals surface area contributed by atoms with Gasteiger partial charge in [0.1, 0.15) is 4.88 Å². The molecule has 1 saturated carbocycles. The summed E-state index contributed by atoms with van der Waals surface area (Å²) in [6.45, 7) is 0. The van der Waals surface area contributed by atoms with Gasteiger partial charge in [-0.3, -0.25) is 4.79 Å². The Morgan fingerprint density at radius 1 is 1.67 bits per heavy atom. The number of nitrogens with zero attached hydrogens (tertiary/aromatic N) is 1. The number of carbonyl (C=O) groups is 1. The van der Waals surface area contributed by atoms with Crippen molar-refractivity contribution in [3.63, 3.8) is 0 Å². The summed E-state index contributed by atoms with van der Waals surface area (Å²) in [5, 5.41) is 4.23. The minimum Gasteiger partial charge on any atom is -0.359 e. The molecule has 2 rings (SSSR count). The molecule has 0 spiro atoms. The zero-order valence-electron chi connectivity index (χ0n) is 6.21. The molecule has 1 aromatic heterocycles. The Bertz CT molecular complexity index is 308. The molecule has 0 aromatic carbocycles. The third-order valence-electron chi connectivity index (χ3n) is 1.62. The van der Waals surface area contributed by atoms with E-state index >= 15 is 0 Å². The van der Waals surface area contributed by atoms with E-state index in [0.29, 0.717) is 16.1 Å². The van der Waals surface area contributed by atoms with Crippen LogP contribution in [0.5, 0.6) is 0 Å². The molecule has 1 heterocycles. The molecule has 0 radical (unpaired) electrons. The lowest BCUT2D eigenvalue weighted by Crippen LogP contribution is -1.99. The monoisotopic (exact) mass is 202 g/mol. The van der Waals surface area contributed by atoms with Gasteiger partial charge in [-0.1, -0.05) is 22.9 Å². The summed E-state index contributed by atoms with van der Waals surface area (Å²) in [7, 11) is 0. The van der Waals surface area contributed by atoms with E-state index < -0.39 is 0 Å². The van der Waals surface area contributed by atoms with Gasteiger partial charge in [0.05, 0.1) is 0 Å². The maximum Gasteiger partial charge on any atom is 0.185 e. The van der Waals surface area contributed by atoms with Crippen molar-refractivity contribution in [2.24, 2.45) is 0 Å². The van der Waals surface area contributed by atoms with Crippen LogP contribution >= 0.6 is 22.9 Å².